The van der Waals surface area contributed by atoms with Crippen molar-refractivity contribution in [3.63, 3.8) is 0 Å². The van der Waals surface area contributed by atoms with Crippen LogP contribution in [0.3, 0.4) is 0 Å². The summed E-state index contributed by atoms with van der Waals surface area (Å²) in [6.45, 7) is 4.78. The average Bonchev–Trinajstić information content (AvgIpc) is 2.86. The Balaban J connectivity index is 2.02. The Bertz CT molecular complexity index is 374. The zero-order valence-corrected chi connectivity index (χ0v) is 10.3. The summed E-state index contributed by atoms with van der Waals surface area (Å²) in [5.74, 6) is 6.90. The van der Waals surface area contributed by atoms with E-state index in [4.69, 9.17) is 5.84 Å². The van der Waals surface area contributed by atoms with Crippen LogP contribution in [0.4, 0.5) is 0 Å². The molecule has 1 aromatic rings. The molecule has 1 fully saturated rings. The molecule has 0 amide bonds. The maximum atomic E-state index is 5.50. The van der Waals surface area contributed by atoms with Gasteiger partial charge in [0.2, 0.25) is 5.96 Å². The predicted molar refractivity (Wildman–Crippen MR) is 70.7 cm³/mol. The van der Waals surface area contributed by atoms with Crippen molar-refractivity contribution in [1.82, 2.24) is 10.3 Å². The van der Waals surface area contributed by atoms with Crippen LogP contribution in [0.25, 0.3) is 0 Å². The molecule has 1 heterocycles. The second-order valence-corrected chi connectivity index (χ2v) is 4.28. The van der Waals surface area contributed by atoms with Crippen LogP contribution >= 0.6 is 0 Å². The van der Waals surface area contributed by atoms with Crippen LogP contribution in [0, 0.1) is 0 Å². The summed E-state index contributed by atoms with van der Waals surface area (Å²) in [5, 5.41) is 0. The summed E-state index contributed by atoms with van der Waals surface area (Å²) in [5.41, 5.74) is 4.10. The fourth-order valence-electron chi connectivity index (χ4n) is 2.34. The quantitative estimate of drug-likeness (QED) is 0.350. The summed E-state index contributed by atoms with van der Waals surface area (Å²) in [6, 6.07) is 10.6. The first-order valence-corrected chi connectivity index (χ1v) is 6.16. The van der Waals surface area contributed by atoms with E-state index in [1.54, 1.807) is 0 Å². The molecule has 1 aromatic carbocycles. The molecule has 1 aliphatic rings. The molecule has 1 unspecified atom stereocenters. The van der Waals surface area contributed by atoms with Crippen LogP contribution in [0.15, 0.2) is 35.3 Å². The number of hydrogen-bond donors (Lipinski definition) is 2. The second kappa shape index (κ2) is 5.68. The van der Waals surface area contributed by atoms with Gasteiger partial charge in [0.1, 0.15) is 0 Å². The van der Waals surface area contributed by atoms with Crippen LogP contribution in [0.2, 0.25) is 0 Å². The summed E-state index contributed by atoms with van der Waals surface area (Å²) >= 11 is 0. The molecule has 0 saturated carbocycles. The van der Waals surface area contributed by atoms with E-state index in [-0.39, 0.29) is 0 Å². The van der Waals surface area contributed by atoms with Crippen LogP contribution in [0.1, 0.15) is 24.8 Å². The Morgan fingerprint density at radius 3 is 2.88 bits per heavy atom. The van der Waals surface area contributed by atoms with Gasteiger partial charge in [-0.05, 0) is 18.9 Å². The Morgan fingerprint density at radius 1 is 1.47 bits per heavy atom. The number of aliphatic imine (C=N–C) groups is 1. The first kappa shape index (κ1) is 11.9. The highest BCUT2D eigenvalue weighted by molar-refractivity contribution is 5.79. The Labute approximate surface area is 102 Å². The highest BCUT2D eigenvalue weighted by Gasteiger charge is 2.25. The molecule has 0 spiro atoms. The number of benzene rings is 1. The number of hydrogen-bond acceptors (Lipinski definition) is 2. The van der Waals surface area contributed by atoms with E-state index < -0.39 is 0 Å². The van der Waals surface area contributed by atoms with Gasteiger partial charge in [-0.3, -0.25) is 10.4 Å². The van der Waals surface area contributed by atoms with Crippen molar-refractivity contribution in [2.45, 2.75) is 19.3 Å². The Morgan fingerprint density at radius 2 is 2.24 bits per heavy atom. The van der Waals surface area contributed by atoms with E-state index in [1.165, 1.54) is 5.56 Å². The van der Waals surface area contributed by atoms with Gasteiger partial charge in [-0.15, -0.1) is 0 Å². The van der Waals surface area contributed by atoms with Gasteiger partial charge < -0.3 is 4.90 Å². The molecule has 0 aromatic heterocycles. The van der Waals surface area contributed by atoms with E-state index in [2.05, 4.69) is 45.6 Å². The molecular weight excluding hydrogens is 212 g/mol. The number of guanidine groups is 1. The SMILES string of the molecule is CCN=C(NN)N1CCC(c2ccccc2)C1. The van der Waals surface area contributed by atoms with Crippen molar-refractivity contribution < 1.29 is 0 Å². The van der Waals surface area contributed by atoms with Gasteiger partial charge >= 0.3 is 0 Å². The average molecular weight is 232 g/mol. The lowest BCUT2D eigenvalue weighted by Gasteiger charge is -2.20. The molecule has 1 aliphatic heterocycles. The minimum Gasteiger partial charge on any atom is -0.341 e. The molecule has 3 N–H and O–H groups in total. The highest BCUT2D eigenvalue weighted by atomic mass is 15.4. The lowest BCUT2D eigenvalue weighted by molar-refractivity contribution is 0.487. The number of rotatable bonds is 2. The van der Waals surface area contributed by atoms with Gasteiger partial charge in [0.25, 0.3) is 0 Å². The van der Waals surface area contributed by atoms with Crippen molar-refractivity contribution in [2.75, 3.05) is 19.6 Å². The first-order valence-electron chi connectivity index (χ1n) is 6.16. The van der Waals surface area contributed by atoms with Crippen LogP contribution in [-0.2, 0) is 0 Å². The zero-order valence-electron chi connectivity index (χ0n) is 10.3. The molecule has 92 valence electrons. The normalized spacial score (nSPS) is 20.7. The molecular formula is C13H20N4. The molecule has 0 bridgehead atoms. The molecule has 17 heavy (non-hydrogen) atoms. The van der Waals surface area contributed by atoms with Gasteiger partial charge in [-0.1, -0.05) is 30.3 Å². The van der Waals surface area contributed by atoms with Gasteiger partial charge in [0.05, 0.1) is 0 Å². The summed E-state index contributed by atoms with van der Waals surface area (Å²) in [7, 11) is 0. The third-order valence-electron chi connectivity index (χ3n) is 3.20. The summed E-state index contributed by atoms with van der Waals surface area (Å²) < 4.78 is 0. The number of nitrogens with two attached hydrogens (primary N) is 1. The number of nitrogens with one attached hydrogen (secondary N) is 1. The minimum absolute atomic E-state index is 0.589. The monoisotopic (exact) mass is 232 g/mol. The third-order valence-corrected chi connectivity index (χ3v) is 3.20. The number of nitrogens with zero attached hydrogens (tertiary/aromatic N) is 2. The standard InChI is InChI=1S/C13H20N4/c1-2-15-13(16-14)17-9-8-12(10-17)11-6-4-3-5-7-11/h3-7,12H,2,8-10,14H2,1H3,(H,15,16). The second-order valence-electron chi connectivity index (χ2n) is 4.28. The van der Waals surface area contributed by atoms with Gasteiger partial charge in [-0.25, -0.2) is 5.84 Å². The maximum Gasteiger partial charge on any atom is 0.208 e. The van der Waals surface area contributed by atoms with Crippen molar-refractivity contribution in [2.24, 2.45) is 10.8 Å². The third kappa shape index (κ3) is 2.77. The maximum absolute atomic E-state index is 5.50. The van der Waals surface area contributed by atoms with Gasteiger partial charge in [0, 0.05) is 25.6 Å². The van der Waals surface area contributed by atoms with Crippen molar-refractivity contribution >= 4 is 5.96 Å². The van der Waals surface area contributed by atoms with Crippen LogP contribution in [-0.4, -0.2) is 30.5 Å². The lowest BCUT2D eigenvalue weighted by atomic mass is 9.99. The highest BCUT2D eigenvalue weighted by Crippen LogP contribution is 2.26. The summed E-state index contributed by atoms with van der Waals surface area (Å²) in [6.07, 6.45) is 1.16. The van der Waals surface area contributed by atoms with E-state index >= 15 is 0 Å². The fraction of sp³-hybridized carbons (Fsp3) is 0.462. The zero-order chi connectivity index (χ0) is 12.1. The number of likely N-dealkylation sites (tertiary alicyclic amines) is 1. The van der Waals surface area contributed by atoms with Gasteiger partial charge in [-0.2, -0.15) is 0 Å². The molecule has 1 atom stereocenters. The van der Waals surface area contributed by atoms with E-state index in [1.807, 2.05) is 6.92 Å². The van der Waals surface area contributed by atoms with Gasteiger partial charge in [0.15, 0.2) is 0 Å². The first-order chi connectivity index (χ1) is 8.35. The molecule has 2 rings (SSSR count). The largest absolute Gasteiger partial charge is 0.341 e. The van der Waals surface area contributed by atoms with E-state index in [0.717, 1.165) is 32.0 Å². The lowest BCUT2D eigenvalue weighted by Crippen LogP contribution is -2.43. The molecule has 0 aliphatic carbocycles. The summed E-state index contributed by atoms with van der Waals surface area (Å²) in [4.78, 5) is 6.58. The Hall–Kier alpha value is -1.55. The molecule has 0 radical (unpaired) electrons. The van der Waals surface area contributed by atoms with E-state index in [0.29, 0.717) is 5.92 Å². The fourth-order valence-corrected chi connectivity index (χ4v) is 2.34. The predicted octanol–water partition coefficient (Wildman–Crippen LogP) is 1.32. The minimum atomic E-state index is 0.589. The van der Waals surface area contributed by atoms with Crippen LogP contribution in [0.5, 0.6) is 0 Å². The van der Waals surface area contributed by atoms with Crippen LogP contribution < -0.4 is 11.3 Å². The van der Waals surface area contributed by atoms with Crippen molar-refractivity contribution in [3.8, 4) is 0 Å². The topological polar surface area (TPSA) is 53.6 Å². The molecule has 4 heteroatoms. The van der Waals surface area contributed by atoms with Crippen molar-refractivity contribution in [3.05, 3.63) is 35.9 Å². The Kier molecular flexibility index (Phi) is 3.98. The molecule has 1 saturated heterocycles. The molecule has 4 nitrogen and oxygen atoms in total. The van der Waals surface area contributed by atoms with E-state index in [9.17, 15) is 0 Å². The number of hydrazine groups is 1. The smallest absolute Gasteiger partial charge is 0.208 e. The van der Waals surface area contributed by atoms with Crippen molar-refractivity contribution in [1.29, 1.82) is 0 Å².